The van der Waals surface area contributed by atoms with Gasteiger partial charge in [-0.2, -0.15) is 0 Å². The van der Waals surface area contributed by atoms with E-state index in [1.165, 1.54) is 12.2 Å². The van der Waals surface area contributed by atoms with Crippen LogP contribution in [0.1, 0.15) is 37.8 Å². The van der Waals surface area contributed by atoms with Gasteiger partial charge >= 0.3 is 0 Å². The molecule has 2 heterocycles. The van der Waals surface area contributed by atoms with Gasteiger partial charge in [-0.3, -0.25) is 0 Å². The van der Waals surface area contributed by atoms with E-state index in [9.17, 15) is 0 Å². The number of hydrogen-bond acceptors (Lipinski definition) is 3. The lowest BCUT2D eigenvalue weighted by Gasteiger charge is -2.24. The molecule has 0 saturated carbocycles. The molecule has 0 aromatic carbocycles. The van der Waals surface area contributed by atoms with Gasteiger partial charge in [-0.15, -0.1) is 10.2 Å². The maximum atomic E-state index is 4.28. The maximum Gasteiger partial charge on any atom is 0.135 e. The van der Waals surface area contributed by atoms with Crippen molar-refractivity contribution in [2.45, 2.75) is 39.2 Å². The van der Waals surface area contributed by atoms with Crippen LogP contribution in [-0.4, -0.2) is 28.4 Å². The van der Waals surface area contributed by atoms with Crippen molar-refractivity contribution < 1.29 is 0 Å². The first-order valence-electron chi connectivity index (χ1n) is 5.79. The SMILES string of the molecule is CNCC1CCc2nnc(C(C)C)n2C1. The summed E-state index contributed by atoms with van der Waals surface area (Å²) in [6, 6.07) is 0. The second-order valence-corrected chi connectivity index (χ2v) is 4.70. The number of fused-ring (bicyclic) bond motifs is 1. The molecule has 0 radical (unpaired) electrons. The zero-order valence-corrected chi connectivity index (χ0v) is 9.82. The molecule has 0 bridgehead atoms. The Labute approximate surface area is 91.1 Å². The van der Waals surface area contributed by atoms with Crippen LogP contribution in [0.25, 0.3) is 0 Å². The standard InChI is InChI=1S/C11H20N4/c1-8(2)11-14-13-10-5-4-9(6-12-3)7-15(10)11/h8-9,12H,4-7H2,1-3H3. The highest BCUT2D eigenvalue weighted by atomic mass is 15.3. The monoisotopic (exact) mass is 208 g/mol. The van der Waals surface area contributed by atoms with Gasteiger partial charge in [-0.05, 0) is 25.9 Å². The topological polar surface area (TPSA) is 42.7 Å². The molecular weight excluding hydrogens is 188 g/mol. The first-order valence-corrected chi connectivity index (χ1v) is 5.79. The Balaban J connectivity index is 2.18. The number of rotatable bonds is 3. The summed E-state index contributed by atoms with van der Waals surface area (Å²) >= 11 is 0. The lowest BCUT2D eigenvalue weighted by molar-refractivity contribution is 0.348. The van der Waals surface area contributed by atoms with Gasteiger partial charge in [0.25, 0.3) is 0 Å². The summed E-state index contributed by atoms with van der Waals surface area (Å²) in [4.78, 5) is 0. The van der Waals surface area contributed by atoms with Crippen LogP contribution in [0.3, 0.4) is 0 Å². The predicted octanol–water partition coefficient (Wildman–Crippen LogP) is 1.18. The van der Waals surface area contributed by atoms with Crippen LogP contribution in [0.2, 0.25) is 0 Å². The van der Waals surface area contributed by atoms with Crippen molar-refractivity contribution >= 4 is 0 Å². The van der Waals surface area contributed by atoms with E-state index in [0.29, 0.717) is 5.92 Å². The molecule has 1 aliphatic heterocycles. The van der Waals surface area contributed by atoms with Crippen molar-refractivity contribution in [1.29, 1.82) is 0 Å². The summed E-state index contributed by atoms with van der Waals surface area (Å²) in [5.41, 5.74) is 0. The van der Waals surface area contributed by atoms with E-state index in [4.69, 9.17) is 0 Å². The molecule has 15 heavy (non-hydrogen) atoms. The number of aryl methyl sites for hydroxylation is 1. The Bertz CT molecular complexity index is 329. The molecule has 2 rings (SSSR count). The molecule has 1 aromatic rings. The maximum absolute atomic E-state index is 4.28. The molecule has 1 aromatic heterocycles. The van der Waals surface area contributed by atoms with Gasteiger partial charge in [-0.25, -0.2) is 0 Å². The number of nitrogens with zero attached hydrogens (tertiary/aromatic N) is 3. The molecule has 1 aliphatic rings. The minimum Gasteiger partial charge on any atom is -0.319 e. The highest BCUT2D eigenvalue weighted by Gasteiger charge is 2.23. The van der Waals surface area contributed by atoms with E-state index in [0.717, 1.165) is 31.3 Å². The van der Waals surface area contributed by atoms with Gasteiger partial charge in [0.05, 0.1) is 0 Å². The lowest BCUT2D eigenvalue weighted by atomic mass is 9.99. The molecule has 4 nitrogen and oxygen atoms in total. The van der Waals surface area contributed by atoms with Gasteiger partial charge in [-0.1, -0.05) is 13.8 Å². The van der Waals surface area contributed by atoms with Crippen LogP contribution in [0.15, 0.2) is 0 Å². The van der Waals surface area contributed by atoms with Crippen LogP contribution < -0.4 is 5.32 Å². The van der Waals surface area contributed by atoms with Crippen LogP contribution in [0.5, 0.6) is 0 Å². The smallest absolute Gasteiger partial charge is 0.135 e. The third-order valence-electron chi connectivity index (χ3n) is 3.08. The third-order valence-corrected chi connectivity index (χ3v) is 3.08. The number of nitrogens with one attached hydrogen (secondary N) is 1. The summed E-state index contributed by atoms with van der Waals surface area (Å²) in [5.74, 6) is 3.52. The third kappa shape index (κ3) is 2.04. The molecule has 0 saturated heterocycles. The molecule has 1 atom stereocenters. The summed E-state index contributed by atoms with van der Waals surface area (Å²) in [6.07, 6.45) is 2.31. The van der Waals surface area contributed by atoms with E-state index in [2.05, 4.69) is 33.9 Å². The molecule has 4 heteroatoms. The minimum absolute atomic E-state index is 0.472. The van der Waals surface area contributed by atoms with Crippen LogP contribution >= 0.6 is 0 Å². The molecule has 0 aliphatic carbocycles. The van der Waals surface area contributed by atoms with Crippen LogP contribution in [0, 0.1) is 5.92 Å². The van der Waals surface area contributed by atoms with Crippen LogP contribution in [0.4, 0.5) is 0 Å². The van der Waals surface area contributed by atoms with Gasteiger partial charge < -0.3 is 9.88 Å². The Kier molecular flexibility index (Phi) is 3.05. The second-order valence-electron chi connectivity index (χ2n) is 4.70. The Hall–Kier alpha value is -0.900. The van der Waals surface area contributed by atoms with E-state index in [1.54, 1.807) is 0 Å². The molecule has 0 spiro atoms. The molecule has 0 fully saturated rings. The normalized spacial score (nSPS) is 20.7. The molecular formula is C11H20N4. The zero-order chi connectivity index (χ0) is 10.8. The zero-order valence-electron chi connectivity index (χ0n) is 9.82. The average molecular weight is 208 g/mol. The first-order chi connectivity index (χ1) is 7.22. The Morgan fingerprint density at radius 1 is 1.47 bits per heavy atom. The van der Waals surface area contributed by atoms with Gasteiger partial charge in [0.1, 0.15) is 11.6 Å². The second kappa shape index (κ2) is 4.31. The van der Waals surface area contributed by atoms with Crippen molar-refractivity contribution in [3.63, 3.8) is 0 Å². The minimum atomic E-state index is 0.472. The highest BCUT2D eigenvalue weighted by molar-refractivity contribution is 5.03. The van der Waals surface area contributed by atoms with Crippen molar-refractivity contribution in [3.8, 4) is 0 Å². The number of aromatic nitrogens is 3. The summed E-state index contributed by atoms with van der Waals surface area (Å²) < 4.78 is 2.32. The molecule has 1 unspecified atom stereocenters. The van der Waals surface area contributed by atoms with E-state index in [1.807, 2.05) is 7.05 Å². The Morgan fingerprint density at radius 3 is 2.93 bits per heavy atom. The van der Waals surface area contributed by atoms with Crippen molar-refractivity contribution in [2.24, 2.45) is 5.92 Å². The fourth-order valence-electron chi connectivity index (χ4n) is 2.30. The van der Waals surface area contributed by atoms with E-state index in [-0.39, 0.29) is 0 Å². The first kappa shape index (κ1) is 10.6. The van der Waals surface area contributed by atoms with Gasteiger partial charge in [0.2, 0.25) is 0 Å². The van der Waals surface area contributed by atoms with Crippen molar-refractivity contribution in [1.82, 2.24) is 20.1 Å². The summed E-state index contributed by atoms with van der Waals surface area (Å²) in [7, 11) is 2.02. The largest absolute Gasteiger partial charge is 0.319 e. The predicted molar refractivity (Wildman–Crippen MR) is 59.8 cm³/mol. The number of hydrogen-bond donors (Lipinski definition) is 1. The molecule has 0 amide bonds. The van der Waals surface area contributed by atoms with Crippen LogP contribution in [-0.2, 0) is 13.0 Å². The van der Waals surface area contributed by atoms with Crippen molar-refractivity contribution in [2.75, 3.05) is 13.6 Å². The van der Waals surface area contributed by atoms with E-state index >= 15 is 0 Å². The fourth-order valence-corrected chi connectivity index (χ4v) is 2.30. The van der Waals surface area contributed by atoms with Gasteiger partial charge in [0, 0.05) is 18.9 Å². The average Bonchev–Trinajstić information content (AvgIpc) is 2.61. The fraction of sp³-hybridized carbons (Fsp3) is 0.818. The van der Waals surface area contributed by atoms with Gasteiger partial charge in [0.15, 0.2) is 0 Å². The highest BCUT2D eigenvalue weighted by Crippen LogP contribution is 2.22. The molecule has 1 N–H and O–H groups in total. The summed E-state index contributed by atoms with van der Waals surface area (Å²) in [6.45, 7) is 6.53. The lowest BCUT2D eigenvalue weighted by Crippen LogP contribution is -2.29. The Morgan fingerprint density at radius 2 is 2.27 bits per heavy atom. The summed E-state index contributed by atoms with van der Waals surface area (Å²) in [5, 5.41) is 11.8. The van der Waals surface area contributed by atoms with E-state index < -0.39 is 0 Å². The quantitative estimate of drug-likeness (QED) is 0.811. The van der Waals surface area contributed by atoms with Crippen molar-refractivity contribution in [3.05, 3.63) is 11.6 Å². The molecule has 84 valence electrons.